The van der Waals surface area contributed by atoms with Crippen molar-refractivity contribution in [2.75, 3.05) is 0 Å². The molecule has 1 rings (SSSR count). The second kappa shape index (κ2) is 5.16. The zero-order valence-corrected chi connectivity index (χ0v) is 8.64. The van der Waals surface area contributed by atoms with Gasteiger partial charge in [0, 0.05) is 12.5 Å². The second-order valence-electron chi connectivity index (χ2n) is 3.22. The number of hydrogen-bond acceptors (Lipinski definition) is 3. The molecule has 0 radical (unpaired) electrons. The van der Waals surface area contributed by atoms with Gasteiger partial charge in [-0.05, 0) is 24.1 Å². The van der Waals surface area contributed by atoms with Gasteiger partial charge >= 0.3 is 5.69 Å². The molecule has 0 saturated heterocycles. The van der Waals surface area contributed by atoms with E-state index < -0.39 is 16.4 Å². The Kier molecular flexibility index (Phi) is 3.88. The van der Waals surface area contributed by atoms with Gasteiger partial charge in [0.25, 0.3) is 0 Å². The van der Waals surface area contributed by atoms with Gasteiger partial charge in [-0.15, -0.1) is 0 Å². The van der Waals surface area contributed by atoms with Crippen LogP contribution in [0.3, 0.4) is 0 Å². The predicted molar refractivity (Wildman–Crippen MR) is 57.5 cm³/mol. The van der Waals surface area contributed by atoms with E-state index in [1.807, 2.05) is 0 Å². The summed E-state index contributed by atoms with van der Waals surface area (Å²) in [5.41, 5.74) is 0.588. The zero-order chi connectivity index (χ0) is 12.1. The van der Waals surface area contributed by atoms with Gasteiger partial charge in [0.05, 0.1) is 4.92 Å². The number of rotatable bonds is 4. The molecule has 0 spiro atoms. The summed E-state index contributed by atoms with van der Waals surface area (Å²) in [6, 6.07) is 2.27. The Labute approximate surface area is 91.5 Å². The van der Waals surface area contributed by atoms with Crippen LogP contribution in [0.25, 0.3) is 6.08 Å². The maximum atomic E-state index is 13.2. The summed E-state index contributed by atoms with van der Waals surface area (Å²) in [4.78, 5) is 19.8. The number of carbonyl (C=O) groups is 1. The van der Waals surface area contributed by atoms with Crippen molar-refractivity contribution in [3.05, 3.63) is 45.3 Å². The van der Waals surface area contributed by atoms with E-state index in [4.69, 9.17) is 0 Å². The van der Waals surface area contributed by atoms with Gasteiger partial charge in [-0.1, -0.05) is 12.2 Å². The molecule has 84 valence electrons. The van der Waals surface area contributed by atoms with Crippen LogP contribution >= 0.6 is 0 Å². The lowest BCUT2D eigenvalue weighted by Crippen LogP contribution is -1.95. The molecule has 0 aromatic heterocycles. The molecule has 16 heavy (non-hydrogen) atoms. The highest BCUT2D eigenvalue weighted by atomic mass is 19.1. The normalized spacial score (nSPS) is 10.6. The summed E-state index contributed by atoms with van der Waals surface area (Å²) >= 11 is 0. The van der Waals surface area contributed by atoms with E-state index >= 15 is 0 Å². The first-order valence-electron chi connectivity index (χ1n) is 4.61. The minimum atomic E-state index is -0.874. The summed E-state index contributed by atoms with van der Waals surface area (Å²) in [5.74, 6) is -0.874. The smallest absolute Gasteiger partial charge is 0.303 e. The molecular weight excluding hydrogens is 213 g/mol. The zero-order valence-electron chi connectivity index (χ0n) is 8.64. The molecule has 0 N–H and O–H groups in total. The fourth-order valence-corrected chi connectivity index (χ4v) is 1.25. The van der Waals surface area contributed by atoms with Crippen molar-refractivity contribution in [2.24, 2.45) is 0 Å². The van der Waals surface area contributed by atoms with Crippen LogP contribution in [-0.2, 0) is 4.79 Å². The lowest BCUT2D eigenvalue weighted by Gasteiger charge is -2.01. The van der Waals surface area contributed by atoms with Crippen molar-refractivity contribution >= 4 is 18.0 Å². The first-order valence-corrected chi connectivity index (χ1v) is 4.61. The Balaban J connectivity index is 3.10. The van der Waals surface area contributed by atoms with Crippen LogP contribution in [-0.4, -0.2) is 11.2 Å². The summed E-state index contributed by atoms with van der Waals surface area (Å²) in [5, 5.41) is 10.4. The minimum Gasteiger partial charge on any atom is -0.303 e. The standard InChI is InChI=1S/C11H10FNO3/c1-8-6-11(13(15)16)10(12)7-9(8)4-2-3-5-14/h2,4-7H,3H2,1H3. The molecule has 5 heteroatoms. The Morgan fingerprint density at radius 1 is 1.50 bits per heavy atom. The van der Waals surface area contributed by atoms with Gasteiger partial charge in [-0.25, -0.2) is 0 Å². The largest absolute Gasteiger partial charge is 0.305 e. The molecule has 0 atom stereocenters. The first-order chi connectivity index (χ1) is 7.56. The minimum absolute atomic E-state index is 0.234. The topological polar surface area (TPSA) is 60.2 Å². The molecule has 0 heterocycles. The van der Waals surface area contributed by atoms with Crippen LogP contribution in [0.5, 0.6) is 0 Å². The fourth-order valence-electron chi connectivity index (χ4n) is 1.25. The molecular formula is C11H10FNO3. The number of hydrogen-bond donors (Lipinski definition) is 0. The third-order valence-corrected chi connectivity index (χ3v) is 2.06. The molecule has 0 bridgehead atoms. The van der Waals surface area contributed by atoms with Gasteiger partial charge in [0.1, 0.15) is 6.29 Å². The summed E-state index contributed by atoms with van der Waals surface area (Å²) in [6.45, 7) is 1.65. The monoisotopic (exact) mass is 223 g/mol. The number of aryl methyl sites for hydroxylation is 1. The van der Waals surface area contributed by atoms with E-state index in [0.717, 1.165) is 6.07 Å². The van der Waals surface area contributed by atoms with E-state index in [1.165, 1.54) is 6.07 Å². The molecule has 1 aromatic carbocycles. The summed E-state index contributed by atoms with van der Waals surface area (Å²) < 4.78 is 13.2. The van der Waals surface area contributed by atoms with E-state index in [2.05, 4.69) is 0 Å². The molecule has 1 aromatic rings. The van der Waals surface area contributed by atoms with Gasteiger partial charge in [-0.3, -0.25) is 10.1 Å². The van der Waals surface area contributed by atoms with E-state index in [1.54, 1.807) is 19.1 Å². The van der Waals surface area contributed by atoms with Gasteiger partial charge in [0.15, 0.2) is 0 Å². The Hall–Kier alpha value is -2.04. The van der Waals surface area contributed by atoms with Crippen molar-refractivity contribution < 1.29 is 14.1 Å². The number of benzene rings is 1. The van der Waals surface area contributed by atoms with Crippen LogP contribution in [0.1, 0.15) is 17.5 Å². The van der Waals surface area contributed by atoms with E-state index in [-0.39, 0.29) is 6.42 Å². The Morgan fingerprint density at radius 2 is 2.19 bits per heavy atom. The van der Waals surface area contributed by atoms with E-state index in [0.29, 0.717) is 17.4 Å². The van der Waals surface area contributed by atoms with Gasteiger partial charge in [0.2, 0.25) is 5.82 Å². The molecule has 0 unspecified atom stereocenters. The molecule has 0 amide bonds. The molecule has 0 saturated carbocycles. The molecule has 0 fully saturated rings. The summed E-state index contributed by atoms with van der Waals surface area (Å²) in [7, 11) is 0. The average Bonchev–Trinajstić information content (AvgIpc) is 2.22. The van der Waals surface area contributed by atoms with Crippen LogP contribution in [0.2, 0.25) is 0 Å². The summed E-state index contributed by atoms with van der Waals surface area (Å²) in [6.07, 6.45) is 4.09. The van der Waals surface area contributed by atoms with Crippen molar-refractivity contribution in [1.82, 2.24) is 0 Å². The SMILES string of the molecule is Cc1cc([N+](=O)[O-])c(F)cc1C=CCC=O. The number of nitro groups is 1. The van der Waals surface area contributed by atoms with Gasteiger partial charge in [-0.2, -0.15) is 4.39 Å². The fraction of sp³-hybridized carbons (Fsp3) is 0.182. The van der Waals surface area contributed by atoms with Crippen LogP contribution in [0.4, 0.5) is 10.1 Å². The number of aldehydes is 1. The lowest BCUT2D eigenvalue weighted by atomic mass is 10.1. The van der Waals surface area contributed by atoms with Crippen molar-refractivity contribution in [1.29, 1.82) is 0 Å². The lowest BCUT2D eigenvalue weighted by molar-refractivity contribution is -0.387. The van der Waals surface area contributed by atoms with Crippen molar-refractivity contribution in [3.63, 3.8) is 0 Å². The Bertz CT molecular complexity index is 455. The van der Waals surface area contributed by atoms with E-state index in [9.17, 15) is 19.3 Å². The number of nitrogens with zero attached hydrogens (tertiary/aromatic N) is 1. The van der Waals surface area contributed by atoms with Gasteiger partial charge < -0.3 is 4.79 Å². The maximum absolute atomic E-state index is 13.2. The predicted octanol–water partition coefficient (Wildman–Crippen LogP) is 2.64. The average molecular weight is 223 g/mol. The van der Waals surface area contributed by atoms with Crippen molar-refractivity contribution in [2.45, 2.75) is 13.3 Å². The van der Waals surface area contributed by atoms with Crippen LogP contribution in [0, 0.1) is 22.9 Å². The number of nitro benzene ring substituents is 1. The van der Waals surface area contributed by atoms with Crippen LogP contribution in [0.15, 0.2) is 18.2 Å². The van der Waals surface area contributed by atoms with Crippen molar-refractivity contribution in [3.8, 4) is 0 Å². The van der Waals surface area contributed by atoms with Crippen LogP contribution < -0.4 is 0 Å². The highest BCUT2D eigenvalue weighted by Gasteiger charge is 2.15. The second-order valence-corrected chi connectivity index (χ2v) is 3.22. The number of halogens is 1. The maximum Gasteiger partial charge on any atom is 0.305 e. The first kappa shape index (κ1) is 12.0. The quantitative estimate of drug-likeness (QED) is 0.448. The number of carbonyl (C=O) groups excluding carboxylic acids is 1. The molecule has 0 aliphatic carbocycles. The third kappa shape index (κ3) is 2.73. The molecule has 0 aliphatic rings. The molecule has 4 nitrogen and oxygen atoms in total. The highest BCUT2D eigenvalue weighted by Crippen LogP contribution is 2.22. The Morgan fingerprint density at radius 3 is 2.75 bits per heavy atom. The third-order valence-electron chi connectivity index (χ3n) is 2.06. The highest BCUT2D eigenvalue weighted by molar-refractivity contribution is 5.61. The number of allylic oxidation sites excluding steroid dienone is 1. The molecule has 0 aliphatic heterocycles.